The van der Waals surface area contributed by atoms with E-state index in [9.17, 15) is 4.79 Å². The Kier molecular flexibility index (Phi) is 19.1. The summed E-state index contributed by atoms with van der Waals surface area (Å²) in [6.07, 6.45) is 22.3. The Hall–Kier alpha value is 0.170. The van der Waals surface area contributed by atoms with Crippen LogP contribution >= 0.6 is 23.5 Å². The van der Waals surface area contributed by atoms with Gasteiger partial charge in [-0.15, -0.1) is 0 Å². The van der Waals surface area contributed by atoms with Crippen molar-refractivity contribution in [3.63, 3.8) is 0 Å². The van der Waals surface area contributed by atoms with Crippen molar-refractivity contribution in [3.8, 4) is 0 Å². The highest BCUT2D eigenvalue weighted by atomic mass is 32.2. The Balaban J connectivity index is 3.65. The Labute approximate surface area is 166 Å². The fourth-order valence-corrected chi connectivity index (χ4v) is 5.63. The first kappa shape index (κ1) is 25.2. The van der Waals surface area contributed by atoms with Gasteiger partial charge in [0.1, 0.15) is 0 Å². The predicted molar refractivity (Wildman–Crippen MR) is 117 cm³/mol. The molecule has 0 aliphatic rings. The zero-order valence-electron chi connectivity index (χ0n) is 17.2. The first-order valence-corrected chi connectivity index (χ1v) is 12.9. The molecule has 0 N–H and O–H groups in total. The normalized spacial score (nSPS) is 13.6. The van der Waals surface area contributed by atoms with Crippen LogP contribution in [-0.4, -0.2) is 36.1 Å². The fourth-order valence-electron chi connectivity index (χ4n) is 3.28. The molecule has 25 heavy (non-hydrogen) atoms. The van der Waals surface area contributed by atoms with Crippen LogP contribution in [0.2, 0.25) is 0 Å². The van der Waals surface area contributed by atoms with E-state index in [1.165, 1.54) is 77.7 Å². The van der Waals surface area contributed by atoms with Crippen molar-refractivity contribution in [2.45, 2.75) is 107 Å². The summed E-state index contributed by atoms with van der Waals surface area (Å²) in [5.41, 5.74) is 0. The molecule has 2 nitrogen and oxygen atoms in total. The van der Waals surface area contributed by atoms with E-state index in [2.05, 4.69) is 47.7 Å². The second-order valence-electron chi connectivity index (χ2n) is 6.99. The molecular formula is C21H42O2S2. The Bertz CT molecular complexity index is 298. The number of rotatable bonds is 18. The number of hydrogen-bond acceptors (Lipinski definition) is 4. The topological polar surface area (TPSA) is 26.3 Å². The lowest BCUT2D eigenvalue weighted by Crippen LogP contribution is -2.19. The number of methoxy groups -OCH3 is 1. The molecule has 0 aliphatic heterocycles. The van der Waals surface area contributed by atoms with Gasteiger partial charge in [-0.05, 0) is 31.8 Å². The highest BCUT2D eigenvalue weighted by Crippen LogP contribution is 2.30. The lowest BCUT2D eigenvalue weighted by atomic mass is 10.0. The third kappa shape index (κ3) is 15.0. The number of ether oxygens (including phenoxy) is 1. The summed E-state index contributed by atoms with van der Waals surface area (Å²) in [5, 5.41) is 1.67. The van der Waals surface area contributed by atoms with Gasteiger partial charge in [-0.25, -0.2) is 0 Å². The van der Waals surface area contributed by atoms with Gasteiger partial charge in [0.25, 0.3) is 0 Å². The van der Waals surface area contributed by atoms with Crippen LogP contribution in [0.15, 0.2) is 0 Å². The lowest BCUT2D eigenvalue weighted by Gasteiger charge is -2.24. The third-order valence-corrected chi connectivity index (χ3v) is 7.47. The van der Waals surface area contributed by atoms with Gasteiger partial charge in [0, 0.05) is 16.9 Å². The lowest BCUT2D eigenvalue weighted by molar-refractivity contribution is -0.140. The molecule has 0 heterocycles. The standard InChI is InChI=1S/C21H42O2S2/c1-5-6-7-13-16-19(24-3)20(25-4)17-14-11-9-8-10-12-15-18-21(22)23-2/h19-20H,5-18H2,1-4H3. The summed E-state index contributed by atoms with van der Waals surface area (Å²) in [6, 6.07) is 0. The molecule has 150 valence electrons. The summed E-state index contributed by atoms with van der Waals surface area (Å²) < 4.78 is 4.67. The Morgan fingerprint density at radius 2 is 1.20 bits per heavy atom. The summed E-state index contributed by atoms with van der Waals surface area (Å²) in [5.74, 6) is -0.0684. The molecule has 0 spiro atoms. The van der Waals surface area contributed by atoms with E-state index in [4.69, 9.17) is 0 Å². The molecule has 0 aromatic carbocycles. The van der Waals surface area contributed by atoms with Crippen molar-refractivity contribution in [1.29, 1.82) is 0 Å². The molecule has 0 amide bonds. The van der Waals surface area contributed by atoms with Gasteiger partial charge in [-0.3, -0.25) is 4.79 Å². The van der Waals surface area contributed by atoms with Crippen LogP contribution in [0.1, 0.15) is 96.8 Å². The molecule has 2 atom stereocenters. The number of carbonyl (C=O) groups excluding carboxylic acids is 1. The molecule has 0 aromatic rings. The second kappa shape index (κ2) is 18.9. The first-order valence-electron chi connectivity index (χ1n) is 10.3. The van der Waals surface area contributed by atoms with Crippen molar-refractivity contribution in [2.75, 3.05) is 19.6 Å². The molecule has 0 radical (unpaired) electrons. The van der Waals surface area contributed by atoms with Crippen LogP contribution in [-0.2, 0) is 9.53 Å². The summed E-state index contributed by atoms with van der Waals surface area (Å²) >= 11 is 4.17. The molecule has 0 bridgehead atoms. The number of thioether (sulfide) groups is 2. The smallest absolute Gasteiger partial charge is 0.305 e. The Morgan fingerprint density at radius 1 is 0.760 bits per heavy atom. The van der Waals surface area contributed by atoms with Crippen molar-refractivity contribution in [1.82, 2.24) is 0 Å². The maximum absolute atomic E-state index is 11.0. The van der Waals surface area contributed by atoms with Crippen LogP contribution < -0.4 is 0 Å². The van der Waals surface area contributed by atoms with E-state index in [1.807, 2.05) is 0 Å². The minimum absolute atomic E-state index is 0.0684. The van der Waals surface area contributed by atoms with Crippen molar-refractivity contribution < 1.29 is 9.53 Å². The highest BCUT2D eigenvalue weighted by molar-refractivity contribution is 8.03. The maximum Gasteiger partial charge on any atom is 0.305 e. The number of unbranched alkanes of at least 4 members (excludes halogenated alkanes) is 9. The zero-order chi connectivity index (χ0) is 18.8. The highest BCUT2D eigenvalue weighted by Gasteiger charge is 2.18. The number of hydrogen-bond donors (Lipinski definition) is 0. The molecule has 4 heteroatoms. The zero-order valence-corrected chi connectivity index (χ0v) is 18.8. The summed E-state index contributed by atoms with van der Waals surface area (Å²) in [4.78, 5) is 11.0. The van der Waals surface area contributed by atoms with E-state index < -0.39 is 0 Å². The van der Waals surface area contributed by atoms with Gasteiger partial charge in [-0.2, -0.15) is 23.5 Å². The van der Waals surface area contributed by atoms with E-state index in [0.29, 0.717) is 6.42 Å². The molecule has 0 aromatic heterocycles. The quantitative estimate of drug-likeness (QED) is 0.184. The van der Waals surface area contributed by atoms with Gasteiger partial charge in [0.05, 0.1) is 7.11 Å². The minimum atomic E-state index is -0.0684. The monoisotopic (exact) mass is 390 g/mol. The van der Waals surface area contributed by atoms with Gasteiger partial charge < -0.3 is 4.74 Å². The van der Waals surface area contributed by atoms with Crippen LogP contribution in [0.25, 0.3) is 0 Å². The maximum atomic E-state index is 11.0. The summed E-state index contributed by atoms with van der Waals surface area (Å²) in [6.45, 7) is 2.29. The molecule has 0 saturated carbocycles. The van der Waals surface area contributed by atoms with Gasteiger partial charge >= 0.3 is 5.97 Å². The van der Waals surface area contributed by atoms with Crippen LogP contribution in [0.3, 0.4) is 0 Å². The third-order valence-electron chi connectivity index (χ3n) is 4.96. The van der Waals surface area contributed by atoms with E-state index >= 15 is 0 Å². The van der Waals surface area contributed by atoms with E-state index in [-0.39, 0.29) is 5.97 Å². The van der Waals surface area contributed by atoms with Crippen LogP contribution in [0, 0.1) is 0 Å². The minimum Gasteiger partial charge on any atom is -0.469 e. The van der Waals surface area contributed by atoms with Gasteiger partial charge in [0.15, 0.2) is 0 Å². The Morgan fingerprint density at radius 3 is 1.64 bits per heavy atom. The SMILES string of the molecule is CCCCCCC(SC)C(CCCCCCCCCC(=O)OC)SC. The molecular weight excluding hydrogens is 348 g/mol. The fraction of sp³-hybridized carbons (Fsp3) is 0.952. The largest absolute Gasteiger partial charge is 0.469 e. The van der Waals surface area contributed by atoms with Gasteiger partial charge in [0.2, 0.25) is 0 Å². The number of esters is 1. The van der Waals surface area contributed by atoms with Crippen molar-refractivity contribution in [2.24, 2.45) is 0 Å². The van der Waals surface area contributed by atoms with Gasteiger partial charge in [-0.1, -0.05) is 71.1 Å². The number of carbonyl (C=O) groups is 1. The summed E-state index contributed by atoms with van der Waals surface area (Å²) in [7, 11) is 1.47. The second-order valence-corrected chi connectivity index (χ2v) is 9.14. The predicted octanol–water partition coefficient (Wildman–Crippen LogP) is 7.10. The first-order chi connectivity index (χ1) is 12.2. The molecule has 0 aliphatic carbocycles. The van der Waals surface area contributed by atoms with Crippen molar-refractivity contribution >= 4 is 29.5 Å². The average molecular weight is 391 g/mol. The molecule has 0 rings (SSSR count). The van der Waals surface area contributed by atoms with Crippen LogP contribution in [0.5, 0.6) is 0 Å². The van der Waals surface area contributed by atoms with E-state index in [0.717, 1.165) is 23.3 Å². The molecule has 0 fully saturated rings. The van der Waals surface area contributed by atoms with E-state index in [1.54, 1.807) is 0 Å². The molecule has 0 saturated heterocycles. The molecule has 2 unspecified atom stereocenters. The average Bonchev–Trinajstić information content (AvgIpc) is 2.64. The van der Waals surface area contributed by atoms with Crippen LogP contribution in [0.4, 0.5) is 0 Å². The van der Waals surface area contributed by atoms with Crippen molar-refractivity contribution in [3.05, 3.63) is 0 Å².